The van der Waals surface area contributed by atoms with Gasteiger partial charge >= 0.3 is 0 Å². The van der Waals surface area contributed by atoms with Crippen molar-refractivity contribution in [3.8, 4) is 11.5 Å². The minimum atomic E-state index is -3.86. The molecule has 0 aromatic heterocycles. The van der Waals surface area contributed by atoms with Crippen LogP contribution in [0, 0.1) is 0 Å². The van der Waals surface area contributed by atoms with Gasteiger partial charge in [-0.2, -0.15) is 0 Å². The number of carbonyl (C=O) groups is 2. The standard InChI is InChI=1S/C25H34ClN3O6S/c1-6-14-27-25(31)21(7-2)28(16-18-8-10-19(26)11-9-18)24(30)17-29(36(5,32)33)20-12-13-22(34-3)23(15-20)35-4/h8-13,15,21H,6-7,14,16-17H2,1-5H3,(H,27,31)/t21-/m0/s1. The Kier molecular flexibility index (Phi) is 10.9. The maximum atomic E-state index is 13.7. The highest BCUT2D eigenvalue weighted by molar-refractivity contribution is 7.92. The first-order valence-electron chi connectivity index (χ1n) is 11.6. The summed E-state index contributed by atoms with van der Waals surface area (Å²) in [5, 5.41) is 3.38. The lowest BCUT2D eigenvalue weighted by molar-refractivity contribution is -0.140. The molecule has 0 aliphatic heterocycles. The van der Waals surface area contributed by atoms with E-state index in [1.54, 1.807) is 37.3 Å². The van der Waals surface area contributed by atoms with Crippen LogP contribution < -0.4 is 19.1 Å². The number of nitrogens with zero attached hydrogens (tertiary/aromatic N) is 2. The van der Waals surface area contributed by atoms with Gasteiger partial charge in [-0.05, 0) is 42.7 Å². The van der Waals surface area contributed by atoms with Crippen LogP contribution in [0.15, 0.2) is 42.5 Å². The molecule has 198 valence electrons. The molecule has 11 heteroatoms. The molecule has 1 atom stereocenters. The topological polar surface area (TPSA) is 105 Å². The molecular formula is C25H34ClN3O6S. The normalized spacial score (nSPS) is 11.9. The quantitative estimate of drug-likeness (QED) is 0.418. The summed E-state index contributed by atoms with van der Waals surface area (Å²) in [5.74, 6) is -0.0779. The summed E-state index contributed by atoms with van der Waals surface area (Å²) in [7, 11) is -0.958. The summed E-state index contributed by atoms with van der Waals surface area (Å²) in [6.07, 6.45) is 2.12. The predicted molar refractivity (Wildman–Crippen MR) is 141 cm³/mol. The number of ether oxygens (including phenoxy) is 2. The number of methoxy groups -OCH3 is 2. The molecule has 36 heavy (non-hydrogen) atoms. The highest BCUT2D eigenvalue weighted by Crippen LogP contribution is 2.32. The van der Waals surface area contributed by atoms with E-state index in [0.29, 0.717) is 29.5 Å². The maximum Gasteiger partial charge on any atom is 0.244 e. The fraction of sp³-hybridized carbons (Fsp3) is 0.440. The Labute approximate surface area is 218 Å². The largest absolute Gasteiger partial charge is 0.493 e. The van der Waals surface area contributed by atoms with Crippen LogP contribution in [0.4, 0.5) is 5.69 Å². The summed E-state index contributed by atoms with van der Waals surface area (Å²) in [4.78, 5) is 28.0. The number of halogens is 1. The zero-order chi connectivity index (χ0) is 26.9. The van der Waals surface area contributed by atoms with Crippen LogP contribution >= 0.6 is 11.6 Å². The number of rotatable bonds is 13. The van der Waals surface area contributed by atoms with E-state index in [1.807, 2.05) is 6.92 Å². The fourth-order valence-corrected chi connectivity index (χ4v) is 4.63. The molecule has 2 amide bonds. The van der Waals surface area contributed by atoms with E-state index < -0.39 is 28.5 Å². The molecule has 0 heterocycles. The van der Waals surface area contributed by atoms with E-state index in [0.717, 1.165) is 22.5 Å². The van der Waals surface area contributed by atoms with Crippen molar-refractivity contribution in [3.05, 3.63) is 53.1 Å². The second kappa shape index (κ2) is 13.4. The van der Waals surface area contributed by atoms with Gasteiger partial charge in [0.15, 0.2) is 11.5 Å². The Morgan fingerprint density at radius 1 is 1.03 bits per heavy atom. The van der Waals surface area contributed by atoms with Crippen molar-refractivity contribution in [2.24, 2.45) is 0 Å². The first-order valence-corrected chi connectivity index (χ1v) is 13.8. The Morgan fingerprint density at radius 2 is 1.67 bits per heavy atom. The van der Waals surface area contributed by atoms with Crippen LogP contribution in [0.1, 0.15) is 32.3 Å². The molecule has 1 N–H and O–H groups in total. The van der Waals surface area contributed by atoms with Crippen molar-refractivity contribution < 1.29 is 27.5 Å². The molecule has 9 nitrogen and oxygen atoms in total. The van der Waals surface area contributed by atoms with Gasteiger partial charge in [0.2, 0.25) is 21.8 Å². The maximum absolute atomic E-state index is 13.7. The van der Waals surface area contributed by atoms with Gasteiger partial charge < -0.3 is 19.7 Å². The number of hydrogen-bond acceptors (Lipinski definition) is 6. The molecule has 0 aliphatic rings. The lowest BCUT2D eigenvalue weighted by atomic mass is 10.1. The molecule has 2 aromatic carbocycles. The summed E-state index contributed by atoms with van der Waals surface area (Å²) in [5.41, 5.74) is 0.991. The number of carbonyl (C=O) groups excluding carboxylic acids is 2. The van der Waals surface area contributed by atoms with Crippen LogP contribution in [-0.4, -0.2) is 64.7 Å². The third kappa shape index (κ3) is 7.76. The Hall–Kier alpha value is -2.98. The molecule has 0 fully saturated rings. The first kappa shape index (κ1) is 29.3. The third-order valence-corrected chi connectivity index (χ3v) is 6.93. The highest BCUT2D eigenvalue weighted by atomic mass is 35.5. The van der Waals surface area contributed by atoms with E-state index >= 15 is 0 Å². The molecule has 0 aliphatic carbocycles. The monoisotopic (exact) mass is 539 g/mol. The molecule has 0 radical (unpaired) electrons. The number of sulfonamides is 1. The number of anilines is 1. The number of hydrogen-bond donors (Lipinski definition) is 1. The second-order valence-corrected chi connectivity index (χ2v) is 10.5. The zero-order valence-corrected chi connectivity index (χ0v) is 22.9. The lowest BCUT2D eigenvalue weighted by Gasteiger charge is -2.33. The van der Waals surface area contributed by atoms with Crippen LogP contribution in [0.25, 0.3) is 0 Å². The fourth-order valence-electron chi connectivity index (χ4n) is 3.67. The van der Waals surface area contributed by atoms with Crippen LogP contribution in [-0.2, 0) is 26.2 Å². The number of benzene rings is 2. The molecule has 2 aromatic rings. The summed E-state index contributed by atoms with van der Waals surface area (Å²) < 4.78 is 37.0. The zero-order valence-electron chi connectivity index (χ0n) is 21.3. The minimum Gasteiger partial charge on any atom is -0.493 e. The Morgan fingerprint density at radius 3 is 2.19 bits per heavy atom. The van der Waals surface area contributed by atoms with Gasteiger partial charge in [-0.1, -0.05) is 37.6 Å². The van der Waals surface area contributed by atoms with E-state index in [9.17, 15) is 18.0 Å². The average molecular weight is 540 g/mol. The van der Waals surface area contributed by atoms with E-state index in [-0.39, 0.29) is 18.1 Å². The van der Waals surface area contributed by atoms with Crippen molar-refractivity contribution >= 4 is 39.1 Å². The minimum absolute atomic E-state index is 0.109. The van der Waals surface area contributed by atoms with Crippen LogP contribution in [0.2, 0.25) is 5.02 Å². The molecule has 0 saturated heterocycles. The number of amides is 2. The smallest absolute Gasteiger partial charge is 0.244 e. The van der Waals surface area contributed by atoms with Crippen molar-refractivity contribution in [1.29, 1.82) is 0 Å². The van der Waals surface area contributed by atoms with Crippen LogP contribution in [0.5, 0.6) is 11.5 Å². The van der Waals surface area contributed by atoms with Crippen LogP contribution in [0.3, 0.4) is 0 Å². The van der Waals surface area contributed by atoms with E-state index in [2.05, 4.69) is 5.32 Å². The van der Waals surface area contributed by atoms with Gasteiger partial charge in [-0.15, -0.1) is 0 Å². The average Bonchev–Trinajstić information content (AvgIpc) is 2.85. The van der Waals surface area contributed by atoms with E-state index in [1.165, 1.54) is 31.3 Å². The molecular weight excluding hydrogens is 506 g/mol. The highest BCUT2D eigenvalue weighted by Gasteiger charge is 2.31. The summed E-state index contributed by atoms with van der Waals surface area (Å²) in [6, 6.07) is 10.7. The van der Waals surface area contributed by atoms with Gasteiger partial charge in [0.25, 0.3) is 0 Å². The summed E-state index contributed by atoms with van der Waals surface area (Å²) in [6.45, 7) is 3.82. The van der Waals surface area contributed by atoms with Gasteiger partial charge in [-0.25, -0.2) is 8.42 Å². The first-order chi connectivity index (χ1) is 17.0. The SMILES string of the molecule is CCCNC(=O)[C@H](CC)N(Cc1ccc(Cl)cc1)C(=O)CN(c1ccc(OC)c(OC)c1)S(C)(=O)=O. The lowest BCUT2D eigenvalue weighted by Crippen LogP contribution is -2.52. The van der Waals surface area contributed by atoms with Gasteiger partial charge in [0, 0.05) is 24.2 Å². The predicted octanol–water partition coefficient (Wildman–Crippen LogP) is 3.46. The second-order valence-electron chi connectivity index (χ2n) is 8.17. The van der Waals surface area contributed by atoms with Crippen molar-refractivity contribution in [3.63, 3.8) is 0 Å². The number of nitrogens with one attached hydrogen (secondary N) is 1. The van der Waals surface area contributed by atoms with Crippen molar-refractivity contribution in [1.82, 2.24) is 10.2 Å². The van der Waals surface area contributed by atoms with Crippen molar-refractivity contribution in [2.45, 2.75) is 39.3 Å². The molecule has 0 spiro atoms. The molecule has 0 unspecified atom stereocenters. The third-order valence-electron chi connectivity index (χ3n) is 5.54. The van der Waals surface area contributed by atoms with Crippen molar-refractivity contribution in [2.75, 3.05) is 37.9 Å². The Balaban J connectivity index is 2.46. The van der Waals surface area contributed by atoms with Gasteiger partial charge in [0.1, 0.15) is 12.6 Å². The summed E-state index contributed by atoms with van der Waals surface area (Å²) >= 11 is 6.00. The molecule has 0 saturated carbocycles. The molecule has 0 bridgehead atoms. The molecule has 2 rings (SSSR count). The van der Waals surface area contributed by atoms with Gasteiger partial charge in [0.05, 0.1) is 26.2 Å². The van der Waals surface area contributed by atoms with Gasteiger partial charge in [-0.3, -0.25) is 13.9 Å². The Bertz CT molecular complexity index is 1140. The van der Waals surface area contributed by atoms with E-state index in [4.69, 9.17) is 21.1 Å².